The van der Waals surface area contributed by atoms with Crippen LogP contribution in [0.15, 0.2) is 18.3 Å². The number of imidazole rings is 1. The highest BCUT2D eigenvalue weighted by Gasteiger charge is 2.21. The molecule has 2 heterocycles. The molecule has 0 radical (unpaired) electrons. The van der Waals surface area contributed by atoms with Gasteiger partial charge in [-0.15, -0.1) is 0 Å². The maximum atomic E-state index is 4.55. The molecule has 1 N–H and O–H groups in total. The van der Waals surface area contributed by atoms with Gasteiger partial charge < -0.3 is 9.88 Å². The summed E-state index contributed by atoms with van der Waals surface area (Å²) in [6.07, 6.45) is 4.42. The summed E-state index contributed by atoms with van der Waals surface area (Å²) in [6.45, 7) is 0.845. The Morgan fingerprint density at radius 2 is 2.40 bits per heavy atom. The van der Waals surface area contributed by atoms with E-state index in [0.29, 0.717) is 0 Å². The van der Waals surface area contributed by atoms with Crippen molar-refractivity contribution in [2.24, 2.45) is 7.05 Å². The van der Waals surface area contributed by atoms with Gasteiger partial charge in [-0.25, -0.2) is 9.97 Å². The SMILES string of the molecule is Cn1c(CNC2CC2)nc2cccnc21. The summed E-state index contributed by atoms with van der Waals surface area (Å²) in [5.74, 6) is 1.07. The molecule has 15 heavy (non-hydrogen) atoms. The maximum Gasteiger partial charge on any atom is 0.159 e. The molecule has 0 aliphatic heterocycles. The number of nitrogens with zero attached hydrogens (tertiary/aromatic N) is 3. The minimum Gasteiger partial charge on any atom is -0.315 e. The van der Waals surface area contributed by atoms with Crippen LogP contribution in [-0.4, -0.2) is 20.6 Å². The smallest absolute Gasteiger partial charge is 0.159 e. The molecule has 0 unspecified atom stereocenters. The van der Waals surface area contributed by atoms with Crippen molar-refractivity contribution >= 4 is 11.2 Å². The standard InChI is InChI=1S/C11H14N4/c1-15-10(7-13-8-4-5-8)14-9-3-2-6-12-11(9)15/h2-3,6,8,13H,4-5,7H2,1H3. The van der Waals surface area contributed by atoms with Gasteiger partial charge in [-0.2, -0.15) is 0 Å². The van der Waals surface area contributed by atoms with Gasteiger partial charge in [0.2, 0.25) is 0 Å². The zero-order valence-corrected chi connectivity index (χ0v) is 8.77. The summed E-state index contributed by atoms with van der Waals surface area (Å²) in [5, 5.41) is 3.46. The van der Waals surface area contributed by atoms with Crippen LogP contribution in [0.25, 0.3) is 11.2 Å². The molecule has 1 aliphatic carbocycles. The molecule has 0 spiro atoms. The molecule has 2 aromatic rings. The number of hydrogen-bond donors (Lipinski definition) is 1. The normalized spacial score (nSPS) is 16.1. The fraction of sp³-hybridized carbons (Fsp3) is 0.455. The van der Waals surface area contributed by atoms with Gasteiger partial charge in [-0.3, -0.25) is 0 Å². The fourth-order valence-corrected chi connectivity index (χ4v) is 1.75. The summed E-state index contributed by atoms with van der Waals surface area (Å²) < 4.78 is 2.06. The molecule has 4 heteroatoms. The van der Waals surface area contributed by atoms with E-state index in [1.807, 2.05) is 25.4 Å². The Hall–Kier alpha value is -1.42. The van der Waals surface area contributed by atoms with Crippen molar-refractivity contribution in [1.29, 1.82) is 0 Å². The van der Waals surface area contributed by atoms with Crippen molar-refractivity contribution in [1.82, 2.24) is 19.9 Å². The quantitative estimate of drug-likeness (QED) is 0.813. The monoisotopic (exact) mass is 202 g/mol. The molecule has 2 aromatic heterocycles. The van der Waals surface area contributed by atoms with Crippen LogP contribution in [0, 0.1) is 0 Å². The largest absolute Gasteiger partial charge is 0.315 e. The summed E-state index contributed by atoms with van der Waals surface area (Å²) in [6, 6.07) is 4.65. The minimum absolute atomic E-state index is 0.720. The summed E-state index contributed by atoms with van der Waals surface area (Å²) in [7, 11) is 2.02. The topological polar surface area (TPSA) is 42.7 Å². The lowest BCUT2D eigenvalue weighted by atomic mass is 10.4. The molecule has 0 saturated heterocycles. The van der Waals surface area contributed by atoms with Gasteiger partial charge in [0.25, 0.3) is 0 Å². The molecule has 0 aromatic carbocycles. The number of hydrogen-bond acceptors (Lipinski definition) is 3. The lowest BCUT2D eigenvalue weighted by Gasteiger charge is -2.02. The third kappa shape index (κ3) is 1.61. The van der Waals surface area contributed by atoms with Crippen molar-refractivity contribution in [2.45, 2.75) is 25.4 Å². The van der Waals surface area contributed by atoms with Gasteiger partial charge in [0, 0.05) is 19.3 Å². The second kappa shape index (κ2) is 3.31. The zero-order valence-electron chi connectivity index (χ0n) is 8.77. The Bertz CT molecular complexity index is 484. The van der Waals surface area contributed by atoms with Gasteiger partial charge in [0.05, 0.1) is 6.54 Å². The fourth-order valence-electron chi connectivity index (χ4n) is 1.75. The van der Waals surface area contributed by atoms with Gasteiger partial charge in [0.15, 0.2) is 5.65 Å². The average Bonchev–Trinajstić information content (AvgIpc) is 3.03. The van der Waals surface area contributed by atoms with Crippen LogP contribution < -0.4 is 5.32 Å². The van der Waals surface area contributed by atoms with Gasteiger partial charge >= 0.3 is 0 Å². The van der Waals surface area contributed by atoms with Crippen LogP contribution in [0.2, 0.25) is 0 Å². The van der Waals surface area contributed by atoms with Crippen LogP contribution in [0.1, 0.15) is 18.7 Å². The summed E-state index contributed by atoms with van der Waals surface area (Å²) in [4.78, 5) is 8.87. The van der Waals surface area contributed by atoms with Crippen molar-refractivity contribution in [3.8, 4) is 0 Å². The van der Waals surface area contributed by atoms with E-state index in [1.54, 1.807) is 0 Å². The predicted molar refractivity (Wildman–Crippen MR) is 58.4 cm³/mol. The van der Waals surface area contributed by atoms with E-state index in [4.69, 9.17) is 0 Å². The van der Waals surface area contributed by atoms with Crippen LogP contribution in [0.4, 0.5) is 0 Å². The van der Waals surface area contributed by atoms with E-state index >= 15 is 0 Å². The molecule has 1 fully saturated rings. The first-order valence-electron chi connectivity index (χ1n) is 5.34. The van der Waals surface area contributed by atoms with Gasteiger partial charge in [0.1, 0.15) is 11.3 Å². The first-order chi connectivity index (χ1) is 7.34. The number of nitrogens with one attached hydrogen (secondary N) is 1. The lowest BCUT2D eigenvalue weighted by molar-refractivity contribution is 0.638. The number of aryl methyl sites for hydroxylation is 1. The number of pyridine rings is 1. The van der Waals surface area contributed by atoms with Crippen LogP contribution in [-0.2, 0) is 13.6 Å². The van der Waals surface area contributed by atoms with Crippen molar-refractivity contribution in [3.63, 3.8) is 0 Å². The minimum atomic E-state index is 0.720. The predicted octanol–water partition coefficient (Wildman–Crippen LogP) is 1.22. The maximum absolute atomic E-state index is 4.55. The molecule has 4 nitrogen and oxygen atoms in total. The molecular weight excluding hydrogens is 188 g/mol. The number of rotatable bonds is 3. The van der Waals surface area contributed by atoms with Crippen molar-refractivity contribution < 1.29 is 0 Å². The molecule has 1 aliphatic rings. The lowest BCUT2D eigenvalue weighted by Crippen LogP contribution is -2.18. The Labute approximate surface area is 88.3 Å². The third-order valence-electron chi connectivity index (χ3n) is 2.85. The molecular formula is C11H14N4. The van der Waals surface area contributed by atoms with E-state index in [1.165, 1.54) is 12.8 Å². The zero-order chi connectivity index (χ0) is 10.3. The number of aromatic nitrogens is 3. The molecule has 0 atom stereocenters. The molecule has 3 rings (SSSR count). The highest BCUT2D eigenvalue weighted by atomic mass is 15.1. The Balaban J connectivity index is 1.92. The average molecular weight is 202 g/mol. The van der Waals surface area contributed by atoms with Gasteiger partial charge in [-0.1, -0.05) is 0 Å². The number of fused-ring (bicyclic) bond motifs is 1. The summed E-state index contributed by atoms with van der Waals surface area (Å²) >= 11 is 0. The highest BCUT2D eigenvalue weighted by molar-refractivity contribution is 5.70. The molecule has 0 amide bonds. The molecule has 1 saturated carbocycles. The molecule has 0 bridgehead atoms. The van der Waals surface area contributed by atoms with Gasteiger partial charge in [-0.05, 0) is 25.0 Å². The van der Waals surface area contributed by atoms with E-state index in [-0.39, 0.29) is 0 Å². The van der Waals surface area contributed by atoms with Crippen LogP contribution in [0.5, 0.6) is 0 Å². The Kier molecular flexibility index (Phi) is 1.95. The second-order valence-corrected chi connectivity index (χ2v) is 4.09. The van der Waals surface area contributed by atoms with E-state index in [9.17, 15) is 0 Å². The first kappa shape index (κ1) is 8.85. The second-order valence-electron chi connectivity index (χ2n) is 4.09. The van der Waals surface area contributed by atoms with Crippen LogP contribution in [0.3, 0.4) is 0 Å². The van der Waals surface area contributed by atoms with E-state index in [0.717, 1.165) is 29.6 Å². The molecule has 78 valence electrons. The van der Waals surface area contributed by atoms with Crippen LogP contribution >= 0.6 is 0 Å². The van der Waals surface area contributed by atoms with Crippen molar-refractivity contribution in [3.05, 3.63) is 24.2 Å². The third-order valence-corrected chi connectivity index (χ3v) is 2.85. The van der Waals surface area contributed by atoms with E-state index < -0.39 is 0 Å². The summed E-state index contributed by atoms with van der Waals surface area (Å²) in [5.41, 5.74) is 1.94. The van der Waals surface area contributed by atoms with E-state index in [2.05, 4.69) is 19.9 Å². The Morgan fingerprint density at radius 3 is 3.13 bits per heavy atom. The van der Waals surface area contributed by atoms with Crippen molar-refractivity contribution in [2.75, 3.05) is 0 Å². The first-order valence-corrected chi connectivity index (χ1v) is 5.34. The highest BCUT2D eigenvalue weighted by Crippen LogP contribution is 2.19. The Morgan fingerprint density at radius 1 is 1.53 bits per heavy atom.